The van der Waals surface area contributed by atoms with E-state index >= 15 is 0 Å². The highest BCUT2D eigenvalue weighted by atomic mass is 16.5. The lowest BCUT2D eigenvalue weighted by Crippen LogP contribution is -2.37. The summed E-state index contributed by atoms with van der Waals surface area (Å²) in [6.07, 6.45) is 0.186. The molecule has 0 aliphatic rings. The molecule has 0 bridgehead atoms. The monoisotopic (exact) mass is 294 g/mol. The van der Waals surface area contributed by atoms with Crippen LogP contribution in [0.1, 0.15) is 37.6 Å². The summed E-state index contributed by atoms with van der Waals surface area (Å²) in [5.41, 5.74) is 5.67. The first-order valence-corrected chi connectivity index (χ1v) is 6.88. The fourth-order valence-corrected chi connectivity index (χ4v) is 1.68. The zero-order valence-corrected chi connectivity index (χ0v) is 12.6. The molecule has 0 saturated carbocycles. The zero-order chi connectivity index (χ0) is 16.0. The van der Waals surface area contributed by atoms with E-state index in [0.29, 0.717) is 18.2 Å². The number of carboxylic acids is 1. The Morgan fingerprint density at radius 3 is 2.57 bits per heavy atom. The molecule has 6 heteroatoms. The van der Waals surface area contributed by atoms with E-state index in [1.165, 1.54) is 12.1 Å². The number of rotatable bonds is 7. The lowest BCUT2D eigenvalue weighted by molar-refractivity contribution is -0.127. The average Bonchev–Trinajstić information content (AvgIpc) is 2.40. The number of benzene rings is 1. The van der Waals surface area contributed by atoms with Gasteiger partial charge in [-0.15, -0.1) is 0 Å². The third-order valence-corrected chi connectivity index (χ3v) is 2.96. The molecule has 21 heavy (non-hydrogen) atoms. The smallest absolute Gasteiger partial charge is 0.337 e. The molecule has 6 nitrogen and oxygen atoms in total. The Labute approximate surface area is 124 Å². The number of hydrogen-bond acceptors (Lipinski definition) is 4. The summed E-state index contributed by atoms with van der Waals surface area (Å²) < 4.78 is 5.45. The molecule has 116 valence electrons. The second-order valence-electron chi connectivity index (χ2n) is 5.29. The molecule has 0 fully saturated rings. The number of hydrogen-bond donors (Lipinski definition) is 3. The number of carbonyl (C=O) groups excluding carboxylic acids is 1. The van der Waals surface area contributed by atoms with Crippen LogP contribution in [0.3, 0.4) is 0 Å². The van der Waals surface area contributed by atoms with E-state index in [9.17, 15) is 9.59 Å². The molecule has 1 rings (SSSR count). The van der Waals surface area contributed by atoms with Crippen LogP contribution in [0.4, 0.5) is 5.69 Å². The largest absolute Gasteiger partial charge is 0.481 e. The summed E-state index contributed by atoms with van der Waals surface area (Å²) in [6.45, 7) is 6.36. The van der Waals surface area contributed by atoms with Crippen molar-refractivity contribution < 1.29 is 19.4 Å². The number of carboxylic acid groups (broad SMARTS) is 1. The Kier molecular flexibility index (Phi) is 6.02. The van der Waals surface area contributed by atoms with Gasteiger partial charge in [-0.25, -0.2) is 4.79 Å². The van der Waals surface area contributed by atoms with Crippen LogP contribution in [0.5, 0.6) is 5.75 Å². The van der Waals surface area contributed by atoms with Gasteiger partial charge in [-0.3, -0.25) is 4.79 Å². The SMILES string of the molecule is CC(C)CCNC(=O)C(C)Oc1ccc(N)c(C(=O)O)c1. The van der Waals surface area contributed by atoms with Crippen LogP contribution in [0.25, 0.3) is 0 Å². The first kappa shape index (κ1) is 16.8. The number of ether oxygens (including phenoxy) is 1. The van der Waals surface area contributed by atoms with Crippen LogP contribution < -0.4 is 15.8 Å². The van der Waals surface area contributed by atoms with Crippen molar-refractivity contribution in [2.24, 2.45) is 5.92 Å². The van der Waals surface area contributed by atoms with Gasteiger partial charge in [0, 0.05) is 12.2 Å². The van der Waals surface area contributed by atoms with Gasteiger partial charge in [-0.05, 0) is 37.5 Å². The third-order valence-electron chi connectivity index (χ3n) is 2.96. The third kappa shape index (κ3) is 5.33. The molecule has 0 saturated heterocycles. The number of aromatic carboxylic acids is 1. The quantitative estimate of drug-likeness (QED) is 0.667. The van der Waals surface area contributed by atoms with E-state index in [1.807, 2.05) is 0 Å². The zero-order valence-electron chi connectivity index (χ0n) is 12.6. The summed E-state index contributed by atoms with van der Waals surface area (Å²) in [7, 11) is 0. The summed E-state index contributed by atoms with van der Waals surface area (Å²) in [5, 5.41) is 11.8. The highest BCUT2D eigenvalue weighted by molar-refractivity contribution is 5.94. The Balaban J connectivity index is 2.62. The van der Waals surface area contributed by atoms with Crippen LogP contribution in [0.15, 0.2) is 18.2 Å². The van der Waals surface area contributed by atoms with Gasteiger partial charge in [0.2, 0.25) is 0 Å². The van der Waals surface area contributed by atoms with E-state index < -0.39 is 12.1 Å². The van der Waals surface area contributed by atoms with Gasteiger partial charge >= 0.3 is 5.97 Å². The molecule has 1 aromatic carbocycles. The van der Waals surface area contributed by atoms with Crippen molar-refractivity contribution in [1.82, 2.24) is 5.32 Å². The highest BCUT2D eigenvalue weighted by Crippen LogP contribution is 2.20. The molecule has 4 N–H and O–H groups in total. The molecule has 0 spiro atoms. The van der Waals surface area contributed by atoms with Crippen molar-refractivity contribution in [2.75, 3.05) is 12.3 Å². The van der Waals surface area contributed by atoms with E-state index in [0.717, 1.165) is 6.42 Å². The molecule has 1 unspecified atom stereocenters. The summed E-state index contributed by atoms with van der Waals surface area (Å²) in [5.74, 6) is -0.554. The Hall–Kier alpha value is -2.24. The molecule has 1 aromatic rings. The van der Waals surface area contributed by atoms with Gasteiger partial charge in [-0.2, -0.15) is 0 Å². The van der Waals surface area contributed by atoms with Crippen LogP contribution in [0, 0.1) is 5.92 Å². The van der Waals surface area contributed by atoms with Crippen molar-refractivity contribution in [1.29, 1.82) is 0 Å². The maximum atomic E-state index is 11.8. The number of carbonyl (C=O) groups is 2. The topological polar surface area (TPSA) is 102 Å². The Bertz CT molecular complexity index is 514. The normalized spacial score (nSPS) is 12.0. The minimum absolute atomic E-state index is 0.0417. The second kappa shape index (κ2) is 7.52. The lowest BCUT2D eigenvalue weighted by atomic mass is 10.1. The van der Waals surface area contributed by atoms with Crippen LogP contribution >= 0.6 is 0 Å². The van der Waals surface area contributed by atoms with Gasteiger partial charge in [0.1, 0.15) is 5.75 Å². The van der Waals surface area contributed by atoms with Crippen molar-refractivity contribution in [3.05, 3.63) is 23.8 Å². The minimum Gasteiger partial charge on any atom is -0.481 e. The second-order valence-corrected chi connectivity index (χ2v) is 5.29. The number of anilines is 1. The number of amides is 1. The molecule has 0 aliphatic heterocycles. The Morgan fingerprint density at radius 2 is 2.00 bits per heavy atom. The molecule has 0 radical (unpaired) electrons. The van der Waals surface area contributed by atoms with E-state index in [4.69, 9.17) is 15.6 Å². The van der Waals surface area contributed by atoms with Crippen molar-refractivity contribution >= 4 is 17.6 Å². The van der Waals surface area contributed by atoms with Gasteiger partial charge in [-0.1, -0.05) is 13.8 Å². The number of nitrogens with one attached hydrogen (secondary N) is 1. The summed E-state index contributed by atoms with van der Waals surface area (Å²) in [6, 6.07) is 4.30. The van der Waals surface area contributed by atoms with Crippen molar-refractivity contribution in [3.63, 3.8) is 0 Å². The Morgan fingerprint density at radius 1 is 1.33 bits per heavy atom. The minimum atomic E-state index is -1.13. The van der Waals surface area contributed by atoms with E-state index in [2.05, 4.69) is 19.2 Å². The van der Waals surface area contributed by atoms with Gasteiger partial charge in [0.25, 0.3) is 5.91 Å². The van der Waals surface area contributed by atoms with Gasteiger partial charge < -0.3 is 20.9 Å². The van der Waals surface area contributed by atoms with Crippen LogP contribution in [-0.4, -0.2) is 29.6 Å². The maximum Gasteiger partial charge on any atom is 0.337 e. The van der Waals surface area contributed by atoms with E-state index in [1.54, 1.807) is 13.0 Å². The molecule has 1 atom stereocenters. The van der Waals surface area contributed by atoms with Crippen molar-refractivity contribution in [3.8, 4) is 5.75 Å². The molecule has 0 aliphatic carbocycles. The summed E-state index contributed by atoms with van der Waals surface area (Å²) in [4.78, 5) is 22.8. The summed E-state index contributed by atoms with van der Waals surface area (Å²) >= 11 is 0. The number of nitrogen functional groups attached to an aromatic ring is 1. The van der Waals surface area contributed by atoms with Crippen LogP contribution in [0.2, 0.25) is 0 Å². The lowest BCUT2D eigenvalue weighted by Gasteiger charge is -2.16. The maximum absolute atomic E-state index is 11.8. The fraction of sp³-hybridized carbons (Fsp3) is 0.467. The van der Waals surface area contributed by atoms with Crippen LogP contribution in [-0.2, 0) is 4.79 Å². The molecular weight excluding hydrogens is 272 g/mol. The first-order valence-electron chi connectivity index (χ1n) is 6.88. The highest BCUT2D eigenvalue weighted by Gasteiger charge is 2.16. The van der Waals surface area contributed by atoms with E-state index in [-0.39, 0.29) is 17.2 Å². The van der Waals surface area contributed by atoms with Gasteiger partial charge in [0.05, 0.1) is 5.56 Å². The standard InChI is InChI=1S/C15H22N2O4/c1-9(2)6-7-17-14(18)10(3)21-11-4-5-13(16)12(8-11)15(19)20/h4-5,8-10H,6-7,16H2,1-3H3,(H,17,18)(H,19,20). The van der Waals surface area contributed by atoms with Crippen molar-refractivity contribution in [2.45, 2.75) is 33.3 Å². The molecular formula is C15H22N2O4. The van der Waals surface area contributed by atoms with Gasteiger partial charge in [0.15, 0.2) is 6.10 Å². The average molecular weight is 294 g/mol. The number of nitrogens with two attached hydrogens (primary N) is 1. The molecule has 1 amide bonds. The molecule has 0 aromatic heterocycles. The molecule has 0 heterocycles. The fourth-order valence-electron chi connectivity index (χ4n) is 1.68. The first-order chi connectivity index (χ1) is 9.81. The predicted molar refractivity (Wildman–Crippen MR) is 80.4 cm³/mol. The predicted octanol–water partition coefficient (Wildman–Crippen LogP) is 1.90.